The molecule has 0 bridgehead atoms. The van der Waals surface area contributed by atoms with Crippen molar-refractivity contribution in [3.05, 3.63) is 58.5 Å². The molecular weight excluding hydrogens is 265 g/mol. The molecule has 1 aromatic rings. The topological polar surface area (TPSA) is 20.2 Å². The molecule has 0 fully saturated rings. The van der Waals surface area contributed by atoms with Crippen molar-refractivity contribution in [2.45, 2.75) is 18.7 Å². The molecule has 0 spiro atoms. The average molecular weight is 278 g/mol. The molecule has 1 nitrogen and oxygen atoms in total. The van der Waals surface area contributed by atoms with Crippen LogP contribution < -0.4 is 10.4 Å². The third-order valence-electron chi connectivity index (χ3n) is 3.77. The van der Waals surface area contributed by atoms with Crippen LogP contribution in [0.5, 0.6) is 0 Å². The highest BCUT2D eigenvalue weighted by Gasteiger charge is 2.44. The lowest BCUT2D eigenvalue weighted by Crippen LogP contribution is -2.43. The maximum Gasteiger partial charge on any atom is 0.418 e. The molecule has 2 unspecified atom stereocenters. The summed E-state index contributed by atoms with van der Waals surface area (Å²) in [6, 6.07) is 6.90. The SMILES string of the molecule is OC(C1=c2ccccc2=CC2=CC=CCC21)C(F)(F)F. The molecule has 0 saturated heterocycles. The van der Waals surface area contributed by atoms with Gasteiger partial charge in [0.15, 0.2) is 6.10 Å². The van der Waals surface area contributed by atoms with Gasteiger partial charge in [-0.25, -0.2) is 0 Å². The number of rotatable bonds is 1. The molecule has 104 valence electrons. The number of fused-ring (bicyclic) bond motifs is 2. The number of alkyl halides is 3. The standard InChI is InChI=1S/C16H13F3O/c17-16(18,19)15(20)14-12-7-3-1-5-10(12)9-11-6-2-4-8-13(11)14/h1-7,9,13,15,20H,8H2. The zero-order valence-corrected chi connectivity index (χ0v) is 10.6. The normalized spacial score (nSPS) is 22.5. The Balaban J connectivity index is 2.30. The van der Waals surface area contributed by atoms with Gasteiger partial charge in [-0.1, -0.05) is 48.6 Å². The van der Waals surface area contributed by atoms with Crippen molar-refractivity contribution in [3.8, 4) is 0 Å². The third-order valence-corrected chi connectivity index (χ3v) is 3.77. The fourth-order valence-electron chi connectivity index (χ4n) is 2.87. The van der Waals surface area contributed by atoms with Gasteiger partial charge in [0.05, 0.1) is 0 Å². The molecule has 3 rings (SSSR count). The molecule has 0 amide bonds. The summed E-state index contributed by atoms with van der Waals surface area (Å²) in [5, 5.41) is 11.0. The molecular formula is C16H13F3O. The molecule has 0 radical (unpaired) electrons. The summed E-state index contributed by atoms with van der Waals surface area (Å²) in [4.78, 5) is 0. The number of aliphatic hydroxyl groups excluding tert-OH is 1. The summed E-state index contributed by atoms with van der Waals surface area (Å²) in [7, 11) is 0. The lowest BCUT2D eigenvalue weighted by Gasteiger charge is -2.30. The summed E-state index contributed by atoms with van der Waals surface area (Å²) < 4.78 is 38.9. The van der Waals surface area contributed by atoms with E-state index < -0.39 is 18.2 Å². The summed E-state index contributed by atoms with van der Waals surface area (Å²) in [5.74, 6) is -0.397. The zero-order valence-electron chi connectivity index (χ0n) is 10.6. The molecule has 2 atom stereocenters. The van der Waals surface area contributed by atoms with E-state index in [-0.39, 0.29) is 5.57 Å². The number of allylic oxidation sites excluding steroid dienone is 4. The largest absolute Gasteiger partial charge is 0.418 e. The molecule has 0 saturated carbocycles. The molecule has 2 aliphatic carbocycles. The number of hydrogen-bond donors (Lipinski definition) is 1. The van der Waals surface area contributed by atoms with Crippen LogP contribution >= 0.6 is 0 Å². The predicted molar refractivity (Wildman–Crippen MR) is 71.0 cm³/mol. The molecule has 0 aromatic heterocycles. The van der Waals surface area contributed by atoms with Gasteiger partial charge in [-0.2, -0.15) is 13.2 Å². The van der Waals surface area contributed by atoms with E-state index in [9.17, 15) is 18.3 Å². The van der Waals surface area contributed by atoms with Gasteiger partial charge in [0.2, 0.25) is 0 Å². The van der Waals surface area contributed by atoms with Crippen LogP contribution in [0.25, 0.3) is 11.6 Å². The van der Waals surface area contributed by atoms with Gasteiger partial charge in [0.25, 0.3) is 0 Å². The lowest BCUT2D eigenvalue weighted by molar-refractivity contribution is -0.185. The van der Waals surface area contributed by atoms with Gasteiger partial charge in [0, 0.05) is 5.92 Å². The van der Waals surface area contributed by atoms with Crippen molar-refractivity contribution in [2.75, 3.05) is 0 Å². The Morgan fingerprint density at radius 1 is 1.20 bits per heavy atom. The number of aliphatic hydroxyl groups is 1. The predicted octanol–water partition coefficient (Wildman–Crippen LogP) is 2.06. The second-order valence-electron chi connectivity index (χ2n) is 5.01. The quantitative estimate of drug-likeness (QED) is 0.833. The van der Waals surface area contributed by atoms with E-state index >= 15 is 0 Å². The first-order valence-corrected chi connectivity index (χ1v) is 6.41. The van der Waals surface area contributed by atoms with Crippen molar-refractivity contribution >= 4 is 11.6 Å². The number of hydrogen-bond acceptors (Lipinski definition) is 1. The third kappa shape index (κ3) is 2.10. The first-order chi connectivity index (χ1) is 9.48. The molecule has 2 aliphatic rings. The molecule has 4 heteroatoms. The van der Waals surface area contributed by atoms with Gasteiger partial charge >= 0.3 is 6.18 Å². The first-order valence-electron chi connectivity index (χ1n) is 6.41. The molecule has 1 aromatic carbocycles. The van der Waals surface area contributed by atoms with Gasteiger partial charge in [-0.05, 0) is 28.0 Å². The van der Waals surface area contributed by atoms with E-state index in [1.165, 1.54) is 0 Å². The fourth-order valence-corrected chi connectivity index (χ4v) is 2.87. The van der Waals surface area contributed by atoms with E-state index in [2.05, 4.69) is 0 Å². The zero-order chi connectivity index (χ0) is 14.3. The molecule has 20 heavy (non-hydrogen) atoms. The summed E-state index contributed by atoms with van der Waals surface area (Å²) in [5.41, 5.74) is 0.885. The van der Waals surface area contributed by atoms with Crippen LogP contribution in [0.2, 0.25) is 0 Å². The maximum absolute atomic E-state index is 13.0. The van der Waals surface area contributed by atoms with Crippen LogP contribution in [-0.2, 0) is 0 Å². The minimum atomic E-state index is -4.65. The Labute approximate surface area is 114 Å². The number of benzene rings is 1. The highest BCUT2D eigenvalue weighted by molar-refractivity contribution is 5.69. The monoisotopic (exact) mass is 278 g/mol. The van der Waals surface area contributed by atoms with Gasteiger partial charge in [-0.15, -0.1) is 0 Å². The van der Waals surface area contributed by atoms with Crippen molar-refractivity contribution < 1.29 is 18.3 Å². The van der Waals surface area contributed by atoms with E-state index in [1.54, 1.807) is 24.3 Å². The van der Waals surface area contributed by atoms with Crippen molar-refractivity contribution in [1.29, 1.82) is 0 Å². The van der Waals surface area contributed by atoms with Crippen molar-refractivity contribution in [3.63, 3.8) is 0 Å². The smallest absolute Gasteiger partial charge is 0.379 e. The Bertz CT molecular complexity index is 710. The van der Waals surface area contributed by atoms with Crippen LogP contribution in [0.15, 0.2) is 48.1 Å². The van der Waals surface area contributed by atoms with E-state index in [4.69, 9.17) is 0 Å². The highest BCUT2D eigenvalue weighted by atomic mass is 19.4. The average Bonchev–Trinajstić information content (AvgIpc) is 2.43. The minimum absolute atomic E-state index is 0.0613. The maximum atomic E-state index is 13.0. The van der Waals surface area contributed by atoms with Gasteiger partial charge in [-0.3, -0.25) is 0 Å². The van der Waals surface area contributed by atoms with E-state index in [1.807, 2.05) is 24.3 Å². The van der Waals surface area contributed by atoms with Crippen LogP contribution in [0.1, 0.15) is 6.42 Å². The van der Waals surface area contributed by atoms with Crippen LogP contribution in [0.3, 0.4) is 0 Å². The minimum Gasteiger partial charge on any atom is -0.379 e. The first kappa shape index (κ1) is 13.2. The summed E-state index contributed by atoms with van der Waals surface area (Å²) >= 11 is 0. The fraction of sp³-hybridized carbons (Fsp3) is 0.250. The molecule has 0 heterocycles. The Kier molecular flexibility index (Phi) is 3.05. The van der Waals surface area contributed by atoms with Crippen LogP contribution in [-0.4, -0.2) is 17.4 Å². The van der Waals surface area contributed by atoms with Crippen LogP contribution in [0.4, 0.5) is 13.2 Å². The van der Waals surface area contributed by atoms with Crippen molar-refractivity contribution in [2.24, 2.45) is 5.92 Å². The van der Waals surface area contributed by atoms with Gasteiger partial charge < -0.3 is 5.11 Å². The van der Waals surface area contributed by atoms with E-state index in [0.29, 0.717) is 11.6 Å². The molecule has 1 N–H and O–H groups in total. The van der Waals surface area contributed by atoms with Gasteiger partial charge in [0.1, 0.15) is 0 Å². The lowest BCUT2D eigenvalue weighted by atomic mass is 9.78. The summed E-state index contributed by atoms with van der Waals surface area (Å²) in [6.07, 6.45) is 0.804. The second kappa shape index (κ2) is 4.63. The number of halogens is 3. The molecule has 0 aliphatic heterocycles. The summed E-state index contributed by atoms with van der Waals surface area (Å²) in [6.45, 7) is 0. The van der Waals surface area contributed by atoms with E-state index in [0.717, 1.165) is 10.8 Å². The Hall–Kier alpha value is -1.81. The Morgan fingerprint density at radius 3 is 2.70 bits per heavy atom. The second-order valence-corrected chi connectivity index (χ2v) is 5.01. The van der Waals surface area contributed by atoms with Crippen molar-refractivity contribution in [1.82, 2.24) is 0 Å². The highest BCUT2D eigenvalue weighted by Crippen LogP contribution is 2.37. The Morgan fingerprint density at radius 2 is 1.95 bits per heavy atom. The van der Waals surface area contributed by atoms with Crippen LogP contribution in [0, 0.1) is 5.92 Å².